The molecule has 4 heteroatoms. The summed E-state index contributed by atoms with van der Waals surface area (Å²) in [6, 6.07) is 18.5. The number of nitrogens with zero attached hydrogens (tertiary/aromatic N) is 2. The van der Waals surface area contributed by atoms with Crippen LogP contribution in [-0.4, -0.2) is 20.9 Å². The maximum Gasteiger partial charge on any atom is 0.307 e. The van der Waals surface area contributed by atoms with E-state index < -0.39 is 5.97 Å². The molecule has 0 aliphatic heterocycles. The van der Waals surface area contributed by atoms with Gasteiger partial charge in [0.25, 0.3) is 0 Å². The molecule has 4 nitrogen and oxygen atoms in total. The molecule has 0 saturated heterocycles. The zero-order chi connectivity index (χ0) is 18.5. The minimum Gasteiger partial charge on any atom is -0.481 e. The Balaban J connectivity index is 1.72. The van der Waals surface area contributed by atoms with Crippen LogP contribution >= 0.6 is 0 Å². The van der Waals surface area contributed by atoms with Gasteiger partial charge in [-0.15, -0.1) is 0 Å². The first-order valence-corrected chi connectivity index (χ1v) is 8.59. The first-order valence-electron chi connectivity index (χ1n) is 8.59. The molecular formula is C22H22N2O2. The van der Waals surface area contributed by atoms with Gasteiger partial charge in [0.1, 0.15) is 0 Å². The second-order valence-electron chi connectivity index (χ2n) is 6.36. The molecule has 1 aromatic heterocycles. The third-order valence-electron chi connectivity index (χ3n) is 4.44. The average molecular weight is 346 g/mol. The van der Waals surface area contributed by atoms with Crippen LogP contribution in [0.15, 0.2) is 54.6 Å². The van der Waals surface area contributed by atoms with Crippen LogP contribution in [0, 0.1) is 13.8 Å². The minimum absolute atomic E-state index is 0.0148. The fraction of sp³-hybridized carbons (Fsp3) is 0.182. The Hall–Kier alpha value is -3.14. The van der Waals surface area contributed by atoms with Crippen molar-refractivity contribution in [3.8, 4) is 0 Å². The molecule has 3 rings (SSSR count). The average Bonchev–Trinajstić information content (AvgIpc) is 2.89. The van der Waals surface area contributed by atoms with Gasteiger partial charge in [-0.05, 0) is 30.5 Å². The molecule has 1 heterocycles. The van der Waals surface area contributed by atoms with E-state index in [1.807, 2.05) is 36.7 Å². The van der Waals surface area contributed by atoms with Gasteiger partial charge in [0.05, 0.1) is 18.7 Å². The van der Waals surface area contributed by atoms with E-state index in [4.69, 9.17) is 5.11 Å². The summed E-state index contributed by atoms with van der Waals surface area (Å²) in [6.07, 6.45) is 4.20. The fourth-order valence-corrected chi connectivity index (χ4v) is 2.96. The van der Waals surface area contributed by atoms with E-state index in [0.29, 0.717) is 6.54 Å². The third-order valence-corrected chi connectivity index (χ3v) is 4.44. The molecule has 0 fully saturated rings. The van der Waals surface area contributed by atoms with E-state index in [1.165, 1.54) is 5.56 Å². The van der Waals surface area contributed by atoms with Crippen LogP contribution < -0.4 is 0 Å². The Bertz CT molecular complexity index is 923. The number of aliphatic carboxylic acids is 1. The number of carboxylic acids is 1. The number of hydrogen-bond donors (Lipinski definition) is 1. The predicted molar refractivity (Wildman–Crippen MR) is 104 cm³/mol. The number of carboxylic acid groups (broad SMARTS) is 1. The van der Waals surface area contributed by atoms with Crippen molar-refractivity contribution in [2.75, 3.05) is 0 Å². The normalized spacial score (nSPS) is 11.2. The summed E-state index contributed by atoms with van der Waals surface area (Å²) in [5.41, 5.74) is 5.95. The fourth-order valence-electron chi connectivity index (χ4n) is 2.96. The molecule has 0 spiro atoms. The lowest BCUT2D eigenvalue weighted by Crippen LogP contribution is -2.06. The van der Waals surface area contributed by atoms with Crippen LogP contribution in [0.4, 0.5) is 0 Å². The molecule has 0 amide bonds. The molecule has 2 aromatic carbocycles. The van der Waals surface area contributed by atoms with Crippen LogP contribution in [0.2, 0.25) is 0 Å². The molecular weight excluding hydrogens is 324 g/mol. The Kier molecular flexibility index (Phi) is 5.32. The van der Waals surface area contributed by atoms with E-state index in [1.54, 1.807) is 0 Å². The van der Waals surface area contributed by atoms with Gasteiger partial charge in [-0.1, -0.05) is 66.7 Å². The third kappa shape index (κ3) is 4.28. The molecule has 0 bridgehead atoms. The summed E-state index contributed by atoms with van der Waals surface area (Å²) >= 11 is 0. The quantitative estimate of drug-likeness (QED) is 0.675. The monoisotopic (exact) mass is 346 g/mol. The van der Waals surface area contributed by atoms with Crippen molar-refractivity contribution in [2.24, 2.45) is 0 Å². The summed E-state index contributed by atoms with van der Waals surface area (Å²) in [5.74, 6) is -0.828. The summed E-state index contributed by atoms with van der Waals surface area (Å²) < 4.78 is 1.88. The number of aryl methyl sites for hydroxylation is 1. The van der Waals surface area contributed by atoms with Crippen molar-refractivity contribution in [3.63, 3.8) is 0 Å². The molecule has 0 radical (unpaired) electrons. The predicted octanol–water partition coefficient (Wildman–Crippen LogP) is 4.35. The van der Waals surface area contributed by atoms with Gasteiger partial charge >= 0.3 is 5.97 Å². The second kappa shape index (κ2) is 7.83. The number of aromatic nitrogens is 2. The van der Waals surface area contributed by atoms with Gasteiger partial charge in [-0.2, -0.15) is 5.10 Å². The van der Waals surface area contributed by atoms with Gasteiger partial charge < -0.3 is 5.11 Å². The number of carbonyl (C=O) groups is 1. The molecule has 0 unspecified atom stereocenters. The summed E-state index contributed by atoms with van der Waals surface area (Å²) in [7, 11) is 0. The molecule has 3 aromatic rings. The van der Waals surface area contributed by atoms with Gasteiger partial charge in [0.2, 0.25) is 0 Å². The maximum absolute atomic E-state index is 11.0. The van der Waals surface area contributed by atoms with Gasteiger partial charge in [-0.3, -0.25) is 9.48 Å². The standard InChI is InChI=1S/C22H22N2O2/c1-16-21(14-22(25)26)17(2)24(23-16)15-20-12-10-19(11-13-20)9-8-18-6-4-3-5-7-18/h3-13H,14-15H2,1-2H3,(H,25,26). The number of hydrogen-bond acceptors (Lipinski definition) is 2. The van der Waals surface area contributed by atoms with E-state index in [-0.39, 0.29) is 6.42 Å². The van der Waals surface area contributed by atoms with Crippen LogP contribution in [0.5, 0.6) is 0 Å². The molecule has 0 aliphatic carbocycles. The molecule has 132 valence electrons. The Morgan fingerprint density at radius 2 is 1.62 bits per heavy atom. The van der Waals surface area contributed by atoms with Crippen molar-refractivity contribution < 1.29 is 9.90 Å². The van der Waals surface area contributed by atoms with Crippen molar-refractivity contribution in [1.29, 1.82) is 0 Å². The van der Waals surface area contributed by atoms with E-state index in [0.717, 1.165) is 28.1 Å². The topological polar surface area (TPSA) is 55.1 Å². The van der Waals surface area contributed by atoms with Crippen molar-refractivity contribution in [1.82, 2.24) is 9.78 Å². The van der Waals surface area contributed by atoms with Crippen LogP contribution in [0.1, 0.15) is 33.6 Å². The SMILES string of the molecule is Cc1nn(Cc2ccc(C=Cc3ccccc3)cc2)c(C)c1CC(=O)O. The van der Waals surface area contributed by atoms with E-state index >= 15 is 0 Å². The summed E-state index contributed by atoms with van der Waals surface area (Å²) in [5, 5.41) is 13.5. The van der Waals surface area contributed by atoms with E-state index in [9.17, 15) is 4.79 Å². The zero-order valence-corrected chi connectivity index (χ0v) is 15.0. The van der Waals surface area contributed by atoms with Crippen LogP contribution in [0.25, 0.3) is 12.2 Å². The van der Waals surface area contributed by atoms with Crippen molar-refractivity contribution in [3.05, 3.63) is 88.2 Å². The highest BCUT2D eigenvalue weighted by molar-refractivity contribution is 5.71. The highest BCUT2D eigenvalue weighted by atomic mass is 16.4. The first-order chi connectivity index (χ1) is 12.5. The Morgan fingerprint density at radius 3 is 2.23 bits per heavy atom. The Morgan fingerprint density at radius 1 is 1.00 bits per heavy atom. The number of benzene rings is 2. The molecule has 1 N–H and O–H groups in total. The molecule has 0 atom stereocenters. The Labute approximate surface area is 153 Å². The lowest BCUT2D eigenvalue weighted by molar-refractivity contribution is -0.136. The maximum atomic E-state index is 11.0. The lowest BCUT2D eigenvalue weighted by atomic mass is 10.1. The van der Waals surface area contributed by atoms with Gasteiger partial charge in [0.15, 0.2) is 0 Å². The zero-order valence-electron chi connectivity index (χ0n) is 15.0. The van der Waals surface area contributed by atoms with Gasteiger partial charge in [-0.25, -0.2) is 0 Å². The first kappa shape index (κ1) is 17.7. The highest BCUT2D eigenvalue weighted by Crippen LogP contribution is 2.16. The minimum atomic E-state index is -0.828. The van der Waals surface area contributed by atoms with E-state index in [2.05, 4.69) is 53.6 Å². The second-order valence-corrected chi connectivity index (χ2v) is 6.36. The van der Waals surface area contributed by atoms with Crippen LogP contribution in [0.3, 0.4) is 0 Å². The molecule has 26 heavy (non-hydrogen) atoms. The molecule has 0 aliphatic rings. The smallest absolute Gasteiger partial charge is 0.307 e. The largest absolute Gasteiger partial charge is 0.481 e. The lowest BCUT2D eigenvalue weighted by Gasteiger charge is -2.06. The molecule has 0 saturated carbocycles. The van der Waals surface area contributed by atoms with Crippen molar-refractivity contribution in [2.45, 2.75) is 26.8 Å². The van der Waals surface area contributed by atoms with Crippen molar-refractivity contribution >= 4 is 18.1 Å². The highest BCUT2D eigenvalue weighted by Gasteiger charge is 2.14. The summed E-state index contributed by atoms with van der Waals surface area (Å²) in [6.45, 7) is 4.42. The van der Waals surface area contributed by atoms with Gasteiger partial charge in [0, 0.05) is 11.3 Å². The van der Waals surface area contributed by atoms with Crippen LogP contribution in [-0.2, 0) is 17.8 Å². The number of rotatable bonds is 6. The summed E-state index contributed by atoms with van der Waals surface area (Å²) in [4.78, 5) is 11.0.